The van der Waals surface area contributed by atoms with Crippen LogP contribution in [-0.2, 0) is 3.07 Å². The number of rotatable bonds is 5. The van der Waals surface area contributed by atoms with E-state index in [0.29, 0.717) is 11.3 Å². The molecule has 5 rings (SSSR count). The number of carboxylic acids is 1. The SMILES string of the molecule is CC.N=Cc1cc2c(cc1N)c(-c1ccc(C(=O)O)cc1)c(C1CCCO[I-]1)n2-c1ccc(F)cc1. The van der Waals surface area contributed by atoms with Crippen molar-refractivity contribution in [2.75, 3.05) is 12.3 Å². The number of benzene rings is 3. The summed E-state index contributed by atoms with van der Waals surface area (Å²) >= 11 is -0.593. The zero-order valence-electron chi connectivity index (χ0n) is 20.1. The van der Waals surface area contributed by atoms with Gasteiger partial charge in [0.15, 0.2) is 0 Å². The molecular weight excluding hydrogens is 572 g/mol. The Morgan fingerprint density at radius 2 is 1.86 bits per heavy atom. The fourth-order valence-electron chi connectivity index (χ4n) is 4.42. The summed E-state index contributed by atoms with van der Waals surface area (Å²) in [6.45, 7) is 4.76. The van der Waals surface area contributed by atoms with Crippen molar-refractivity contribution in [1.82, 2.24) is 4.57 Å². The number of anilines is 1. The minimum absolute atomic E-state index is 0.184. The number of hydrogen-bond acceptors (Lipinski definition) is 4. The Bertz CT molecular complexity index is 1390. The maximum absolute atomic E-state index is 13.8. The molecule has 1 unspecified atom stereocenters. The van der Waals surface area contributed by atoms with Crippen LogP contribution in [0.3, 0.4) is 0 Å². The van der Waals surface area contributed by atoms with E-state index in [2.05, 4.69) is 4.57 Å². The minimum atomic E-state index is -0.980. The normalized spacial score (nSPS) is 15.5. The van der Waals surface area contributed by atoms with E-state index in [-0.39, 0.29) is 15.3 Å². The Hall–Kier alpha value is -3.24. The second-order valence-corrected chi connectivity index (χ2v) is 10.7. The van der Waals surface area contributed by atoms with Gasteiger partial charge in [0.05, 0.1) is 0 Å². The van der Waals surface area contributed by atoms with Gasteiger partial charge >= 0.3 is 207 Å². The number of aromatic nitrogens is 1. The number of alkyl halides is 1. The van der Waals surface area contributed by atoms with Gasteiger partial charge in [0, 0.05) is 0 Å². The Morgan fingerprint density at radius 1 is 1.17 bits per heavy atom. The van der Waals surface area contributed by atoms with Crippen LogP contribution in [0.4, 0.5) is 10.1 Å². The second kappa shape index (κ2) is 11.2. The Morgan fingerprint density at radius 3 is 2.44 bits per heavy atom. The molecule has 2 heterocycles. The molecule has 0 spiro atoms. The molecule has 1 aliphatic rings. The summed E-state index contributed by atoms with van der Waals surface area (Å²) in [5, 5.41) is 18.1. The second-order valence-electron chi connectivity index (χ2n) is 8.11. The van der Waals surface area contributed by atoms with E-state index in [9.17, 15) is 14.3 Å². The number of nitrogens with one attached hydrogen (secondary N) is 1. The first-order chi connectivity index (χ1) is 17.5. The standard InChI is InChI=1S/C26H22FIN3O3.C2H6/c27-18-7-9-19(10-8-18)31-23-12-17(14-29)22(30)13-20(23)24(25(31)21-2-1-11-34-28-21)15-3-5-16(6-4-15)26(32)33;1-2/h3-10,12-14,21,29H,1-2,11,30H2,(H,32,33);1-2H3/q-1;. The molecule has 0 bridgehead atoms. The van der Waals surface area contributed by atoms with Gasteiger partial charge in [-0.05, 0) is 0 Å². The van der Waals surface area contributed by atoms with Crippen molar-refractivity contribution in [3.05, 3.63) is 83.3 Å². The van der Waals surface area contributed by atoms with Crippen molar-refractivity contribution in [2.45, 2.75) is 30.6 Å². The van der Waals surface area contributed by atoms with Gasteiger partial charge in [0.1, 0.15) is 0 Å². The van der Waals surface area contributed by atoms with E-state index in [1.54, 1.807) is 24.3 Å². The van der Waals surface area contributed by atoms with Gasteiger partial charge in [0.2, 0.25) is 0 Å². The molecule has 3 aromatic carbocycles. The van der Waals surface area contributed by atoms with Gasteiger partial charge in [0.25, 0.3) is 0 Å². The van der Waals surface area contributed by atoms with Gasteiger partial charge in [-0.3, -0.25) is 0 Å². The summed E-state index contributed by atoms with van der Waals surface area (Å²) in [6.07, 6.45) is 3.15. The molecule has 1 aromatic heterocycles. The van der Waals surface area contributed by atoms with Gasteiger partial charge in [-0.15, -0.1) is 0 Å². The number of carboxylic acid groups (broad SMARTS) is 1. The van der Waals surface area contributed by atoms with Crippen molar-refractivity contribution < 1.29 is 39.0 Å². The van der Waals surface area contributed by atoms with Gasteiger partial charge in [-0.2, -0.15) is 0 Å². The molecule has 0 saturated carbocycles. The van der Waals surface area contributed by atoms with Crippen LogP contribution < -0.4 is 27.4 Å². The van der Waals surface area contributed by atoms with Gasteiger partial charge in [-0.25, -0.2) is 0 Å². The van der Waals surface area contributed by atoms with Crippen molar-refractivity contribution in [1.29, 1.82) is 5.41 Å². The fourth-order valence-corrected chi connectivity index (χ4v) is 6.95. The van der Waals surface area contributed by atoms with Crippen molar-refractivity contribution in [3.8, 4) is 16.8 Å². The fraction of sp³-hybridized carbons (Fsp3) is 0.214. The average molecular weight is 600 g/mol. The van der Waals surface area contributed by atoms with Crippen LogP contribution in [0.25, 0.3) is 27.7 Å². The number of nitrogens with two attached hydrogens (primary N) is 1. The predicted molar refractivity (Wildman–Crippen MR) is 137 cm³/mol. The van der Waals surface area contributed by atoms with Crippen LogP contribution in [0.15, 0.2) is 60.7 Å². The molecule has 4 aromatic rings. The van der Waals surface area contributed by atoms with Crippen molar-refractivity contribution in [3.63, 3.8) is 0 Å². The maximum atomic E-state index is 13.8. The average Bonchev–Trinajstić information content (AvgIpc) is 3.24. The molecule has 8 heteroatoms. The van der Waals surface area contributed by atoms with E-state index >= 15 is 0 Å². The Kier molecular flexibility index (Phi) is 8.05. The van der Waals surface area contributed by atoms with Crippen molar-refractivity contribution in [2.24, 2.45) is 0 Å². The quantitative estimate of drug-likeness (QED) is 0.141. The van der Waals surface area contributed by atoms with Crippen LogP contribution in [0, 0.1) is 11.2 Å². The summed E-state index contributed by atoms with van der Waals surface area (Å²) in [6, 6.07) is 17.0. The van der Waals surface area contributed by atoms with Crippen LogP contribution in [0.2, 0.25) is 0 Å². The van der Waals surface area contributed by atoms with Crippen LogP contribution in [-0.4, -0.2) is 28.5 Å². The van der Waals surface area contributed by atoms with E-state index in [4.69, 9.17) is 14.2 Å². The molecule has 0 radical (unpaired) electrons. The summed E-state index contributed by atoms with van der Waals surface area (Å²) in [4.78, 5) is 11.4. The first kappa shape index (κ1) is 25.8. The molecule has 1 aliphatic heterocycles. The molecule has 1 atom stereocenters. The number of aromatic carboxylic acids is 1. The van der Waals surface area contributed by atoms with Crippen LogP contribution >= 0.6 is 0 Å². The number of nitrogen functional groups attached to an aromatic ring is 1. The monoisotopic (exact) mass is 600 g/mol. The molecule has 188 valence electrons. The first-order valence-electron chi connectivity index (χ1n) is 11.8. The zero-order valence-corrected chi connectivity index (χ0v) is 22.3. The van der Waals surface area contributed by atoms with E-state index in [1.165, 1.54) is 18.3 Å². The van der Waals surface area contributed by atoms with E-state index in [1.807, 2.05) is 38.1 Å². The molecule has 0 amide bonds. The topological polar surface area (TPSA) is 101 Å². The number of hydrogen-bond donors (Lipinski definition) is 3. The van der Waals surface area contributed by atoms with E-state index < -0.39 is 27.6 Å². The zero-order chi connectivity index (χ0) is 25.8. The van der Waals surface area contributed by atoms with Crippen LogP contribution in [0.5, 0.6) is 0 Å². The molecule has 36 heavy (non-hydrogen) atoms. The molecule has 0 aliphatic carbocycles. The Balaban J connectivity index is 0.00000148. The molecule has 4 N–H and O–H groups in total. The van der Waals surface area contributed by atoms with E-state index in [0.717, 1.165) is 52.9 Å². The summed E-state index contributed by atoms with van der Waals surface area (Å²) < 4.78 is 22.1. The predicted octanol–water partition coefficient (Wildman–Crippen LogP) is 3.60. The summed E-state index contributed by atoms with van der Waals surface area (Å²) in [7, 11) is 0. The van der Waals surface area contributed by atoms with Gasteiger partial charge in [-0.1, -0.05) is 13.8 Å². The van der Waals surface area contributed by atoms with Gasteiger partial charge < -0.3 is 0 Å². The Labute approximate surface area is 220 Å². The molecule has 6 nitrogen and oxygen atoms in total. The third kappa shape index (κ3) is 4.87. The number of nitrogens with zero attached hydrogens (tertiary/aromatic N) is 1. The van der Waals surface area contributed by atoms with Crippen molar-refractivity contribution >= 4 is 28.8 Å². The number of halogens is 2. The first-order valence-corrected chi connectivity index (χ1v) is 13.9. The summed E-state index contributed by atoms with van der Waals surface area (Å²) in [5.74, 6) is -1.30. The molecular formula is C28H28FIN3O3-. The third-order valence-corrected chi connectivity index (χ3v) is 8.64. The number of fused-ring (bicyclic) bond motifs is 1. The summed E-state index contributed by atoms with van der Waals surface area (Å²) in [5.41, 5.74) is 12.2. The molecule has 1 saturated heterocycles. The van der Waals surface area contributed by atoms with Crippen LogP contribution in [0.1, 0.15) is 52.2 Å². The third-order valence-electron chi connectivity index (χ3n) is 6.02. The number of carbonyl (C=O) groups is 1. The molecule has 1 fully saturated rings.